The summed E-state index contributed by atoms with van der Waals surface area (Å²) in [6.45, 7) is -0.371. The smallest absolute Gasteiger partial charge is 0.280 e. The highest BCUT2D eigenvalue weighted by atomic mass is 127. The van der Waals surface area contributed by atoms with Crippen molar-refractivity contribution in [3.05, 3.63) is 67.1 Å². The summed E-state index contributed by atoms with van der Waals surface area (Å²) in [5, 5.41) is 9.02. The molecule has 3 aromatic rings. The lowest BCUT2D eigenvalue weighted by Crippen LogP contribution is -2.31. The van der Waals surface area contributed by atoms with Gasteiger partial charge in [-0.05, 0) is 46.4 Å². The van der Waals surface area contributed by atoms with Crippen LogP contribution >= 0.6 is 22.6 Å². The van der Waals surface area contributed by atoms with E-state index in [4.69, 9.17) is 14.4 Å². The number of aromatic nitrogens is 1. The summed E-state index contributed by atoms with van der Waals surface area (Å²) in [6.07, 6.45) is 1.32. The molecule has 2 heterocycles. The Labute approximate surface area is 166 Å². The second-order valence-corrected chi connectivity index (χ2v) is 7.01. The quantitative estimate of drug-likeness (QED) is 0.317. The number of aliphatic hydroxyl groups excluding tert-OH is 1. The van der Waals surface area contributed by atoms with E-state index >= 15 is 0 Å². The van der Waals surface area contributed by atoms with Gasteiger partial charge < -0.3 is 14.1 Å². The zero-order chi connectivity index (χ0) is 19.6. The molecular weight excluding hydrogens is 470 g/mol. The van der Waals surface area contributed by atoms with E-state index in [1.54, 1.807) is 12.1 Å². The number of nitrogens with one attached hydrogen (secondary N) is 1. The van der Waals surface area contributed by atoms with E-state index in [0.717, 1.165) is 3.57 Å². The number of rotatable bonds is 6. The lowest BCUT2D eigenvalue weighted by atomic mass is 10.0. The second-order valence-electron chi connectivity index (χ2n) is 5.77. The minimum atomic E-state index is -0.653. The maximum absolute atomic E-state index is 14.3. The normalized spacial score (nSPS) is 11.1. The summed E-state index contributed by atoms with van der Waals surface area (Å²) in [4.78, 5) is 30.1. The Kier molecular flexibility index (Phi) is 5.92. The fraction of sp³-hybridized carbons (Fsp3) is 0.222. The summed E-state index contributed by atoms with van der Waals surface area (Å²) >= 11 is 2.00. The van der Waals surface area contributed by atoms with Crippen LogP contribution in [-0.4, -0.2) is 28.8 Å². The van der Waals surface area contributed by atoms with Crippen molar-refractivity contribution < 1.29 is 23.5 Å². The van der Waals surface area contributed by atoms with Gasteiger partial charge in [0.1, 0.15) is 11.4 Å². The minimum absolute atomic E-state index is 0.00782. The number of pyridine rings is 1. The van der Waals surface area contributed by atoms with Crippen LogP contribution in [0.5, 0.6) is 0 Å². The minimum Gasteiger partial charge on any atom is -0.463 e. The molecule has 142 valence electrons. The zero-order valence-electron chi connectivity index (χ0n) is 14.3. The molecule has 0 radical (unpaired) electrons. The number of benzene rings is 1. The number of aliphatic hydroxyl groups is 1. The molecule has 0 atom stereocenters. The van der Waals surface area contributed by atoms with Crippen molar-refractivity contribution in [3.63, 3.8) is 0 Å². The second kappa shape index (κ2) is 8.19. The molecule has 0 aliphatic carbocycles. The van der Waals surface area contributed by atoms with E-state index in [0.29, 0.717) is 5.56 Å². The number of carbonyl (C=O) groups excluding carboxylic acids is 1. The maximum Gasteiger partial charge on any atom is 0.280 e. The molecule has 0 aliphatic rings. The molecule has 0 aliphatic heterocycles. The Morgan fingerprint density at radius 1 is 1.41 bits per heavy atom. The van der Waals surface area contributed by atoms with Crippen molar-refractivity contribution in [3.8, 4) is 0 Å². The number of carbonyl (C=O) groups is 1. The zero-order valence-corrected chi connectivity index (χ0v) is 16.4. The number of furan rings is 1. The van der Waals surface area contributed by atoms with Crippen LogP contribution in [0.25, 0.3) is 11.0 Å². The number of hydroxylamine groups is 1. The van der Waals surface area contributed by atoms with E-state index in [1.807, 2.05) is 22.6 Å². The standard InChI is InChI=1S/C18H16FIN2O5/c1-22-14(8-10-2-3-11(20)9-13(10)19)15(17(24)21-27-7-5-23)16-12(18(22)25)4-6-26-16/h2-4,6,9,23H,5,7-8H2,1H3,(H,21,24). The average molecular weight is 486 g/mol. The first kappa shape index (κ1) is 19.5. The molecule has 9 heteroatoms. The maximum atomic E-state index is 14.3. The lowest BCUT2D eigenvalue weighted by molar-refractivity contribution is 0.0167. The number of nitrogens with zero attached hydrogens (tertiary/aromatic N) is 1. The van der Waals surface area contributed by atoms with E-state index in [2.05, 4.69) is 5.48 Å². The highest BCUT2D eigenvalue weighted by Crippen LogP contribution is 2.24. The largest absolute Gasteiger partial charge is 0.463 e. The molecule has 2 aromatic heterocycles. The number of amides is 1. The molecule has 0 fully saturated rings. The molecule has 0 saturated carbocycles. The monoisotopic (exact) mass is 486 g/mol. The van der Waals surface area contributed by atoms with Crippen LogP contribution in [-0.2, 0) is 18.3 Å². The fourth-order valence-electron chi connectivity index (χ4n) is 2.77. The van der Waals surface area contributed by atoms with Crippen LogP contribution in [0.4, 0.5) is 4.39 Å². The topological polar surface area (TPSA) is 93.7 Å². The molecule has 1 aromatic carbocycles. The predicted octanol–water partition coefficient (Wildman–Crippen LogP) is 2.12. The number of halogens is 2. The Bertz CT molecular complexity index is 1060. The van der Waals surface area contributed by atoms with Crippen molar-refractivity contribution in [1.29, 1.82) is 0 Å². The third kappa shape index (κ3) is 3.89. The molecule has 7 nitrogen and oxygen atoms in total. The van der Waals surface area contributed by atoms with Crippen LogP contribution < -0.4 is 11.0 Å². The van der Waals surface area contributed by atoms with Crippen LogP contribution in [0.15, 0.2) is 39.7 Å². The van der Waals surface area contributed by atoms with Crippen LogP contribution in [0.2, 0.25) is 0 Å². The first-order chi connectivity index (χ1) is 12.9. The Hall–Kier alpha value is -2.24. The first-order valence-corrected chi connectivity index (χ1v) is 9.08. The van der Waals surface area contributed by atoms with Crippen LogP contribution in [0, 0.1) is 9.39 Å². The van der Waals surface area contributed by atoms with Crippen LogP contribution in [0.3, 0.4) is 0 Å². The number of hydrogen-bond acceptors (Lipinski definition) is 5. The van der Waals surface area contributed by atoms with Gasteiger partial charge in [0.25, 0.3) is 11.5 Å². The Balaban J connectivity index is 2.14. The Morgan fingerprint density at radius 2 is 2.19 bits per heavy atom. The van der Waals surface area contributed by atoms with Gasteiger partial charge >= 0.3 is 0 Å². The van der Waals surface area contributed by atoms with Gasteiger partial charge in [0.05, 0.1) is 24.9 Å². The van der Waals surface area contributed by atoms with E-state index in [-0.39, 0.29) is 47.4 Å². The summed E-state index contributed by atoms with van der Waals surface area (Å²) in [5.41, 5.74) is 2.65. The molecular formula is C18H16FIN2O5. The highest BCUT2D eigenvalue weighted by molar-refractivity contribution is 14.1. The van der Waals surface area contributed by atoms with Crippen LogP contribution in [0.1, 0.15) is 21.6 Å². The third-order valence-electron chi connectivity index (χ3n) is 4.08. The molecule has 3 rings (SSSR count). The lowest BCUT2D eigenvalue weighted by Gasteiger charge is -2.15. The molecule has 0 spiro atoms. The summed E-state index contributed by atoms with van der Waals surface area (Å²) in [6, 6.07) is 6.20. The van der Waals surface area contributed by atoms with Gasteiger partial charge in [-0.2, -0.15) is 0 Å². The van der Waals surface area contributed by atoms with E-state index in [1.165, 1.54) is 30.0 Å². The Morgan fingerprint density at radius 3 is 2.89 bits per heavy atom. The van der Waals surface area contributed by atoms with Gasteiger partial charge in [-0.25, -0.2) is 9.87 Å². The van der Waals surface area contributed by atoms with Crippen molar-refractivity contribution in [1.82, 2.24) is 10.0 Å². The third-order valence-corrected chi connectivity index (χ3v) is 4.75. The van der Waals surface area contributed by atoms with Crippen molar-refractivity contribution in [2.75, 3.05) is 13.2 Å². The first-order valence-electron chi connectivity index (χ1n) is 8.00. The summed E-state index contributed by atoms with van der Waals surface area (Å²) in [5.74, 6) is -1.09. The van der Waals surface area contributed by atoms with Gasteiger partial charge in [0.15, 0.2) is 5.58 Å². The van der Waals surface area contributed by atoms with Crippen molar-refractivity contribution in [2.45, 2.75) is 6.42 Å². The fourth-order valence-corrected chi connectivity index (χ4v) is 3.23. The summed E-state index contributed by atoms with van der Waals surface area (Å²) in [7, 11) is 1.51. The van der Waals surface area contributed by atoms with Gasteiger partial charge in [0.2, 0.25) is 0 Å². The van der Waals surface area contributed by atoms with E-state index in [9.17, 15) is 14.0 Å². The van der Waals surface area contributed by atoms with Gasteiger partial charge in [-0.15, -0.1) is 0 Å². The number of hydrogen-bond donors (Lipinski definition) is 2. The van der Waals surface area contributed by atoms with Gasteiger partial charge in [-0.1, -0.05) is 6.07 Å². The average Bonchev–Trinajstić information content (AvgIpc) is 3.11. The highest BCUT2D eigenvalue weighted by Gasteiger charge is 2.24. The number of fused-ring (bicyclic) bond motifs is 1. The van der Waals surface area contributed by atoms with Gasteiger partial charge in [0, 0.05) is 22.7 Å². The molecule has 0 saturated heterocycles. The summed E-state index contributed by atoms with van der Waals surface area (Å²) < 4.78 is 21.7. The molecule has 1 amide bonds. The van der Waals surface area contributed by atoms with Crippen molar-refractivity contribution in [2.24, 2.45) is 7.05 Å². The molecule has 27 heavy (non-hydrogen) atoms. The predicted molar refractivity (Wildman–Crippen MR) is 104 cm³/mol. The van der Waals surface area contributed by atoms with Gasteiger partial charge in [-0.3, -0.25) is 14.4 Å². The molecule has 0 bridgehead atoms. The van der Waals surface area contributed by atoms with Crippen molar-refractivity contribution >= 4 is 39.5 Å². The SMILES string of the molecule is Cn1c(Cc2ccc(I)cc2F)c(C(=O)NOCCO)c2occc2c1=O. The molecule has 0 unspecified atom stereocenters. The van der Waals surface area contributed by atoms with E-state index < -0.39 is 11.7 Å². The molecule has 2 N–H and O–H groups in total.